The lowest BCUT2D eigenvalue weighted by molar-refractivity contribution is 0.0529. The van der Waals surface area contributed by atoms with Gasteiger partial charge >= 0.3 is 0 Å². The van der Waals surface area contributed by atoms with Crippen LogP contribution in [0.25, 0.3) is 0 Å². The molecule has 2 rings (SSSR count). The predicted molar refractivity (Wildman–Crippen MR) is 73.9 cm³/mol. The third kappa shape index (κ3) is 3.44. The SMILES string of the molecule is CC(O)(Cc1ccc(Cl)cc1Cl)c1ccc(F)cn1. The number of benzene rings is 1. The van der Waals surface area contributed by atoms with Crippen molar-refractivity contribution in [2.24, 2.45) is 0 Å². The summed E-state index contributed by atoms with van der Waals surface area (Å²) in [5, 5.41) is 11.5. The molecular formula is C14H12Cl2FNO. The number of hydrogen-bond donors (Lipinski definition) is 1. The molecule has 1 aromatic heterocycles. The highest BCUT2D eigenvalue weighted by atomic mass is 35.5. The summed E-state index contributed by atoms with van der Waals surface area (Å²) in [7, 11) is 0. The van der Waals surface area contributed by atoms with Gasteiger partial charge in [0.25, 0.3) is 0 Å². The smallest absolute Gasteiger partial charge is 0.141 e. The van der Waals surface area contributed by atoms with E-state index >= 15 is 0 Å². The Balaban J connectivity index is 2.27. The Morgan fingerprint density at radius 3 is 2.58 bits per heavy atom. The third-order valence-corrected chi connectivity index (χ3v) is 3.42. The molecule has 1 N–H and O–H groups in total. The second-order valence-electron chi connectivity index (χ2n) is 4.55. The van der Waals surface area contributed by atoms with Gasteiger partial charge < -0.3 is 5.11 Å². The van der Waals surface area contributed by atoms with E-state index in [0.29, 0.717) is 15.7 Å². The van der Waals surface area contributed by atoms with E-state index in [1.54, 1.807) is 25.1 Å². The molecule has 2 nitrogen and oxygen atoms in total. The zero-order valence-corrected chi connectivity index (χ0v) is 11.7. The minimum absolute atomic E-state index is 0.266. The molecule has 0 bridgehead atoms. The average molecular weight is 300 g/mol. The lowest BCUT2D eigenvalue weighted by Gasteiger charge is -2.23. The molecule has 1 atom stereocenters. The molecule has 19 heavy (non-hydrogen) atoms. The maximum Gasteiger partial charge on any atom is 0.141 e. The van der Waals surface area contributed by atoms with Gasteiger partial charge in [-0.2, -0.15) is 0 Å². The van der Waals surface area contributed by atoms with Gasteiger partial charge in [-0.1, -0.05) is 29.3 Å². The summed E-state index contributed by atoms with van der Waals surface area (Å²) in [5.41, 5.74) is -0.0901. The van der Waals surface area contributed by atoms with Gasteiger partial charge in [0, 0.05) is 16.5 Å². The Labute approximate surface area is 120 Å². The molecule has 0 aliphatic heterocycles. The average Bonchev–Trinajstić information content (AvgIpc) is 2.33. The van der Waals surface area contributed by atoms with Crippen LogP contribution >= 0.6 is 23.2 Å². The molecule has 1 aromatic carbocycles. The maximum absolute atomic E-state index is 12.8. The van der Waals surface area contributed by atoms with Crippen LogP contribution in [0.2, 0.25) is 10.0 Å². The molecule has 2 aromatic rings. The number of hydrogen-bond acceptors (Lipinski definition) is 2. The van der Waals surface area contributed by atoms with E-state index in [1.165, 1.54) is 12.1 Å². The molecule has 0 saturated heterocycles. The van der Waals surface area contributed by atoms with Crippen molar-refractivity contribution in [3.8, 4) is 0 Å². The number of halogens is 3. The van der Waals surface area contributed by atoms with Crippen LogP contribution in [0.5, 0.6) is 0 Å². The molecule has 1 unspecified atom stereocenters. The molecule has 1 heterocycles. The highest BCUT2D eigenvalue weighted by Gasteiger charge is 2.26. The summed E-state index contributed by atoms with van der Waals surface area (Å²) in [4.78, 5) is 3.90. The van der Waals surface area contributed by atoms with Crippen LogP contribution in [0.1, 0.15) is 18.2 Å². The van der Waals surface area contributed by atoms with Crippen molar-refractivity contribution in [2.45, 2.75) is 18.9 Å². The van der Waals surface area contributed by atoms with Gasteiger partial charge in [-0.15, -0.1) is 0 Å². The summed E-state index contributed by atoms with van der Waals surface area (Å²) in [6.45, 7) is 1.61. The molecule has 0 aliphatic carbocycles. The van der Waals surface area contributed by atoms with E-state index in [9.17, 15) is 9.50 Å². The largest absolute Gasteiger partial charge is 0.383 e. The highest BCUT2D eigenvalue weighted by Crippen LogP contribution is 2.29. The molecule has 0 fully saturated rings. The van der Waals surface area contributed by atoms with Gasteiger partial charge in [-0.25, -0.2) is 4.39 Å². The summed E-state index contributed by atoms with van der Waals surface area (Å²) in [6, 6.07) is 7.80. The first-order chi connectivity index (χ1) is 8.88. The fourth-order valence-electron chi connectivity index (χ4n) is 1.82. The molecule has 5 heteroatoms. The number of aliphatic hydroxyl groups is 1. The van der Waals surface area contributed by atoms with Crippen LogP contribution in [0.3, 0.4) is 0 Å². The lowest BCUT2D eigenvalue weighted by atomic mass is 9.93. The van der Waals surface area contributed by atoms with Crippen LogP contribution in [-0.4, -0.2) is 10.1 Å². The number of rotatable bonds is 3. The Hall–Kier alpha value is -1.16. The van der Waals surface area contributed by atoms with E-state index in [2.05, 4.69) is 4.98 Å². The van der Waals surface area contributed by atoms with Crippen molar-refractivity contribution in [1.82, 2.24) is 4.98 Å². The minimum atomic E-state index is -1.23. The normalized spacial score (nSPS) is 14.2. The van der Waals surface area contributed by atoms with Crippen LogP contribution in [0.15, 0.2) is 36.5 Å². The first-order valence-corrected chi connectivity index (χ1v) is 6.42. The van der Waals surface area contributed by atoms with Crippen LogP contribution in [0.4, 0.5) is 4.39 Å². The van der Waals surface area contributed by atoms with Crippen molar-refractivity contribution in [3.05, 3.63) is 63.6 Å². The van der Waals surface area contributed by atoms with Gasteiger partial charge in [0.2, 0.25) is 0 Å². The van der Waals surface area contributed by atoms with Gasteiger partial charge in [0.1, 0.15) is 11.4 Å². The van der Waals surface area contributed by atoms with Crippen molar-refractivity contribution < 1.29 is 9.50 Å². The van der Waals surface area contributed by atoms with Crippen LogP contribution < -0.4 is 0 Å². The molecular weight excluding hydrogens is 288 g/mol. The molecule has 0 saturated carbocycles. The maximum atomic E-state index is 12.8. The van der Waals surface area contributed by atoms with E-state index in [1.807, 2.05) is 0 Å². The predicted octanol–water partition coefficient (Wildman–Crippen LogP) is 3.98. The summed E-state index contributed by atoms with van der Waals surface area (Å²) < 4.78 is 12.8. The van der Waals surface area contributed by atoms with Crippen molar-refractivity contribution in [3.63, 3.8) is 0 Å². The van der Waals surface area contributed by atoms with Gasteiger partial charge in [0.05, 0.1) is 11.9 Å². The molecule has 100 valence electrons. The summed E-state index contributed by atoms with van der Waals surface area (Å²) in [5.74, 6) is -0.441. The van der Waals surface area contributed by atoms with Gasteiger partial charge in [-0.3, -0.25) is 4.98 Å². The Morgan fingerprint density at radius 2 is 2.00 bits per heavy atom. The minimum Gasteiger partial charge on any atom is -0.383 e. The topological polar surface area (TPSA) is 33.1 Å². The molecule has 0 spiro atoms. The number of aromatic nitrogens is 1. The highest BCUT2D eigenvalue weighted by molar-refractivity contribution is 6.35. The second-order valence-corrected chi connectivity index (χ2v) is 5.39. The summed E-state index contributed by atoms with van der Waals surface area (Å²) >= 11 is 11.9. The fourth-order valence-corrected chi connectivity index (χ4v) is 2.30. The number of pyridine rings is 1. The van der Waals surface area contributed by atoms with Crippen molar-refractivity contribution >= 4 is 23.2 Å². The first kappa shape index (κ1) is 14.3. The van der Waals surface area contributed by atoms with Crippen molar-refractivity contribution in [1.29, 1.82) is 0 Å². The van der Waals surface area contributed by atoms with Crippen molar-refractivity contribution in [2.75, 3.05) is 0 Å². The third-order valence-electron chi connectivity index (χ3n) is 2.83. The standard InChI is InChI=1S/C14H12Cl2FNO/c1-14(19,13-5-4-11(17)8-18-13)7-9-2-3-10(15)6-12(9)16/h2-6,8,19H,7H2,1H3. The van der Waals surface area contributed by atoms with Gasteiger partial charge in [0.15, 0.2) is 0 Å². The zero-order valence-electron chi connectivity index (χ0n) is 10.2. The van der Waals surface area contributed by atoms with E-state index < -0.39 is 11.4 Å². The quantitative estimate of drug-likeness (QED) is 0.930. The van der Waals surface area contributed by atoms with E-state index in [-0.39, 0.29) is 6.42 Å². The fraction of sp³-hybridized carbons (Fsp3) is 0.214. The Bertz CT molecular complexity index is 584. The monoisotopic (exact) mass is 299 g/mol. The molecule has 0 radical (unpaired) electrons. The lowest BCUT2D eigenvalue weighted by Crippen LogP contribution is -2.25. The Kier molecular flexibility index (Phi) is 4.09. The Morgan fingerprint density at radius 1 is 1.26 bits per heavy atom. The van der Waals surface area contributed by atoms with E-state index in [0.717, 1.165) is 11.8 Å². The van der Waals surface area contributed by atoms with Gasteiger partial charge in [-0.05, 0) is 36.8 Å². The van der Waals surface area contributed by atoms with Crippen LogP contribution in [-0.2, 0) is 12.0 Å². The zero-order chi connectivity index (χ0) is 14.0. The van der Waals surface area contributed by atoms with E-state index in [4.69, 9.17) is 23.2 Å². The molecule has 0 aliphatic rings. The second kappa shape index (κ2) is 5.45. The number of nitrogens with zero attached hydrogens (tertiary/aromatic N) is 1. The van der Waals surface area contributed by atoms with Crippen LogP contribution in [0, 0.1) is 5.82 Å². The first-order valence-electron chi connectivity index (χ1n) is 5.67. The molecule has 0 amide bonds. The summed E-state index contributed by atoms with van der Waals surface area (Å²) in [6.07, 6.45) is 1.34.